The summed E-state index contributed by atoms with van der Waals surface area (Å²) < 4.78 is 28.8. The van der Waals surface area contributed by atoms with Crippen LogP contribution in [0.2, 0.25) is 0 Å². The van der Waals surface area contributed by atoms with Crippen molar-refractivity contribution in [1.29, 1.82) is 0 Å². The van der Waals surface area contributed by atoms with Gasteiger partial charge in [-0.3, -0.25) is 9.59 Å². The lowest BCUT2D eigenvalue weighted by Gasteiger charge is -2.29. The molecule has 0 N–H and O–H groups in total. The molecular weight excluding hydrogens is 396 g/mol. The summed E-state index contributed by atoms with van der Waals surface area (Å²) in [5, 5.41) is 0. The Morgan fingerprint density at radius 2 is 2.10 bits per heavy atom. The zero-order chi connectivity index (χ0) is 21.2. The number of ether oxygens (including phenoxy) is 1. The van der Waals surface area contributed by atoms with Crippen molar-refractivity contribution in [3.05, 3.63) is 29.8 Å². The Labute approximate surface area is 170 Å². The normalized spacial score (nSPS) is 21.8. The van der Waals surface area contributed by atoms with Gasteiger partial charge in [0.1, 0.15) is 0 Å². The van der Waals surface area contributed by atoms with E-state index < -0.39 is 27.8 Å². The molecule has 0 aromatic heterocycles. The van der Waals surface area contributed by atoms with E-state index >= 15 is 0 Å². The smallest absolute Gasteiger partial charge is 0.338 e. The molecule has 1 aromatic rings. The summed E-state index contributed by atoms with van der Waals surface area (Å²) in [4.78, 5) is 40.3. The zero-order valence-electron chi connectivity index (χ0n) is 16.7. The average Bonchev–Trinajstić information content (AvgIpc) is 3.27. The predicted octanol–water partition coefficient (Wildman–Crippen LogP) is 1.39. The van der Waals surface area contributed by atoms with Gasteiger partial charge in [-0.1, -0.05) is 6.07 Å². The zero-order valence-corrected chi connectivity index (χ0v) is 17.5. The van der Waals surface area contributed by atoms with E-state index in [0.29, 0.717) is 31.6 Å². The fourth-order valence-corrected chi connectivity index (χ4v) is 5.58. The number of sulfone groups is 1. The highest BCUT2D eigenvalue weighted by Crippen LogP contribution is 2.23. The molecule has 2 amide bonds. The summed E-state index contributed by atoms with van der Waals surface area (Å²) in [7, 11) is -3.13. The monoisotopic (exact) mass is 422 g/mol. The second kappa shape index (κ2) is 8.52. The number of esters is 1. The minimum Gasteiger partial charge on any atom is -0.449 e. The molecular formula is C20H26N2O6S. The van der Waals surface area contributed by atoms with Crippen molar-refractivity contribution in [2.45, 2.75) is 45.3 Å². The first-order valence-electron chi connectivity index (χ1n) is 9.84. The van der Waals surface area contributed by atoms with Gasteiger partial charge in [-0.15, -0.1) is 0 Å². The maximum Gasteiger partial charge on any atom is 0.338 e. The molecule has 8 nitrogen and oxygen atoms in total. The Bertz CT molecular complexity index is 913. The fraction of sp³-hybridized carbons (Fsp3) is 0.550. The number of nitrogens with zero attached hydrogens (tertiary/aromatic N) is 2. The second-order valence-corrected chi connectivity index (χ2v) is 9.66. The van der Waals surface area contributed by atoms with Crippen molar-refractivity contribution in [3.63, 3.8) is 0 Å². The average molecular weight is 423 g/mol. The summed E-state index contributed by atoms with van der Waals surface area (Å²) in [5.41, 5.74) is 0.889. The van der Waals surface area contributed by atoms with E-state index in [-0.39, 0.29) is 29.0 Å². The molecule has 2 fully saturated rings. The van der Waals surface area contributed by atoms with Crippen LogP contribution in [0.3, 0.4) is 0 Å². The molecule has 1 aromatic carbocycles. The molecule has 0 bridgehead atoms. The molecule has 2 heterocycles. The van der Waals surface area contributed by atoms with E-state index in [1.165, 1.54) is 11.8 Å². The van der Waals surface area contributed by atoms with Crippen LogP contribution in [0.1, 0.15) is 43.5 Å². The summed E-state index contributed by atoms with van der Waals surface area (Å²) in [6, 6.07) is 6.21. The van der Waals surface area contributed by atoms with Crippen LogP contribution in [0.25, 0.3) is 0 Å². The number of amides is 2. The number of carbonyl (C=O) groups is 3. The summed E-state index contributed by atoms with van der Waals surface area (Å²) in [6.07, 6.45) is 0.629. The molecule has 2 aliphatic heterocycles. The van der Waals surface area contributed by atoms with Crippen molar-refractivity contribution in [3.8, 4) is 0 Å². The van der Waals surface area contributed by atoms with E-state index in [0.717, 1.165) is 6.42 Å². The second-order valence-electron chi connectivity index (χ2n) is 7.43. The van der Waals surface area contributed by atoms with Crippen LogP contribution >= 0.6 is 0 Å². The first-order chi connectivity index (χ1) is 13.7. The van der Waals surface area contributed by atoms with Gasteiger partial charge < -0.3 is 14.5 Å². The summed E-state index contributed by atoms with van der Waals surface area (Å²) >= 11 is 0. The number of benzene rings is 1. The summed E-state index contributed by atoms with van der Waals surface area (Å²) in [5.74, 6) is -1.04. The van der Waals surface area contributed by atoms with Crippen LogP contribution in [0.5, 0.6) is 0 Å². The number of likely N-dealkylation sites (N-methyl/N-ethyl adjacent to an activating group) is 1. The molecule has 0 unspecified atom stereocenters. The van der Waals surface area contributed by atoms with Gasteiger partial charge in [0.05, 0.1) is 17.1 Å². The third kappa shape index (κ3) is 4.77. The van der Waals surface area contributed by atoms with Crippen LogP contribution in [-0.4, -0.2) is 67.8 Å². The summed E-state index contributed by atoms with van der Waals surface area (Å²) in [6.45, 7) is 4.21. The van der Waals surface area contributed by atoms with Crippen LogP contribution < -0.4 is 4.90 Å². The number of hydrogen-bond acceptors (Lipinski definition) is 6. The van der Waals surface area contributed by atoms with E-state index in [2.05, 4.69) is 0 Å². The van der Waals surface area contributed by atoms with Crippen LogP contribution in [0.15, 0.2) is 24.3 Å². The minimum absolute atomic E-state index is 0.0177. The van der Waals surface area contributed by atoms with Gasteiger partial charge in [0.25, 0.3) is 5.91 Å². The molecule has 0 spiro atoms. The number of carbonyl (C=O) groups excluding carboxylic acids is 3. The Morgan fingerprint density at radius 1 is 1.34 bits per heavy atom. The lowest BCUT2D eigenvalue weighted by molar-refractivity contribution is -0.141. The van der Waals surface area contributed by atoms with Crippen LogP contribution in [0.4, 0.5) is 5.69 Å². The van der Waals surface area contributed by atoms with Gasteiger partial charge in [-0.05, 0) is 44.9 Å². The Kier molecular flexibility index (Phi) is 6.26. The van der Waals surface area contributed by atoms with Gasteiger partial charge in [0.15, 0.2) is 15.9 Å². The highest BCUT2D eigenvalue weighted by atomic mass is 32.2. The highest BCUT2D eigenvalue weighted by molar-refractivity contribution is 7.91. The number of rotatable bonds is 6. The maximum atomic E-state index is 12.8. The van der Waals surface area contributed by atoms with Gasteiger partial charge in [-0.2, -0.15) is 0 Å². The van der Waals surface area contributed by atoms with E-state index in [9.17, 15) is 22.8 Å². The molecule has 0 radical (unpaired) electrons. The fourth-order valence-electron chi connectivity index (χ4n) is 3.85. The largest absolute Gasteiger partial charge is 0.449 e. The third-order valence-electron chi connectivity index (χ3n) is 5.37. The van der Waals surface area contributed by atoms with Gasteiger partial charge in [-0.25, -0.2) is 13.2 Å². The molecule has 2 saturated heterocycles. The molecule has 2 aliphatic rings. The maximum absolute atomic E-state index is 12.8. The molecule has 29 heavy (non-hydrogen) atoms. The van der Waals surface area contributed by atoms with Crippen molar-refractivity contribution in [2.75, 3.05) is 29.5 Å². The molecule has 158 valence electrons. The molecule has 9 heteroatoms. The highest BCUT2D eigenvalue weighted by Gasteiger charge is 2.36. The molecule has 2 atom stereocenters. The Balaban J connectivity index is 1.66. The Hall–Kier alpha value is -2.42. The first kappa shape index (κ1) is 21.3. The van der Waals surface area contributed by atoms with Crippen LogP contribution in [0, 0.1) is 0 Å². The van der Waals surface area contributed by atoms with Crippen molar-refractivity contribution < 1.29 is 27.5 Å². The number of hydrogen-bond donors (Lipinski definition) is 0. The minimum atomic E-state index is -3.13. The Morgan fingerprint density at radius 3 is 2.69 bits per heavy atom. The van der Waals surface area contributed by atoms with Gasteiger partial charge >= 0.3 is 5.97 Å². The quantitative estimate of drug-likeness (QED) is 0.642. The lowest BCUT2D eigenvalue weighted by Crippen LogP contribution is -2.46. The van der Waals surface area contributed by atoms with Gasteiger partial charge in [0, 0.05) is 31.2 Å². The molecule has 0 saturated carbocycles. The lowest BCUT2D eigenvalue weighted by atomic mass is 10.1. The number of anilines is 1. The van der Waals surface area contributed by atoms with Crippen LogP contribution in [-0.2, 0) is 24.2 Å². The van der Waals surface area contributed by atoms with E-state index in [1.807, 2.05) is 0 Å². The standard InChI is InChI=1S/C20H26N2O6S/c1-3-21(17-9-11-29(26,27)13-17)19(24)14(2)28-20(25)15-6-4-7-16(12-15)22-10-5-8-18(22)23/h4,6-7,12,14,17H,3,5,8-11,13H2,1-2H3/t14-,17-/m1/s1. The van der Waals surface area contributed by atoms with Crippen molar-refractivity contribution in [2.24, 2.45) is 0 Å². The SMILES string of the molecule is CCN(C(=O)[C@@H](C)OC(=O)c1cccc(N2CCCC2=O)c1)[C@@H]1CCS(=O)(=O)C1. The topological polar surface area (TPSA) is 101 Å². The van der Waals surface area contributed by atoms with E-state index in [1.54, 1.807) is 36.1 Å². The van der Waals surface area contributed by atoms with Crippen molar-refractivity contribution >= 4 is 33.3 Å². The first-order valence-corrected chi connectivity index (χ1v) is 11.7. The molecule has 3 rings (SSSR count). The van der Waals surface area contributed by atoms with E-state index in [4.69, 9.17) is 4.74 Å². The predicted molar refractivity (Wildman–Crippen MR) is 107 cm³/mol. The van der Waals surface area contributed by atoms with Gasteiger partial charge in [0.2, 0.25) is 5.91 Å². The third-order valence-corrected chi connectivity index (χ3v) is 7.12. The van der Waals surface area contributed by atoms with Crippen molar-refractivity contribution in [1.82, 2.24) is 4.90 Å². The molecule has 0 aliphatic carbocycles.